The number of fused-ring (bicyclic) bond motifs is 1. The van der Waals surface area contributed by atoms with E-state index >= 15 is 0 Å². The van der Waals surface area contributed by atoms with E-state index in [1.807, 2.05) is 12.3 Å². The summed E-state index contributed by atoms with van der Waals surface area (Å²) in [5.74, 6) is 1.62. The minimum atomic E-state index is 0.585. The molecule has 0 spiro atoms. The van der Waals surface area contributed by atoms with E-state index in [0.29, 0.717) is 5.88 Å². The second kappa shape index (κ2) is 5.94. The highest BCUT2D eigenvalue weighted by Gasteiger charge is 2.13. The second-order valence-corrected chi connectivity index (χ2v) is 6.16. The largest absolute Gasteiger partial charge is 0.312 e. The van der Waals surface area contributed by atoms with Crippen molar-refractivity contribution in [1.29, 1.82) is 0 Å². The van der Waals surface area contributed by atoms with Crippen LogP contribution in [0.15, 0.2) is 29.8 Å². The summed E-state index contributed by atoms with van der Waals surface area (Å²) in [4.78, 5) is 10.6. The maximum Gasteiger partial charge on any atom is 0.160 e. The van der Waals surface area contributed by atoms with Gasteiger partial charge in [0.05, 0.1) is 0 Å². The summed E-state index contributed by atoms with van der Waals surface area (Å²) in [6.07, 6.45) is 3.64. The van der Waals surface area contributed by atoms with Crippen LogP contribution in [-0.4, -0.2) is 20.4 Å². The standard InChI is InChI=1S/C15H16ClN3S/c1-11-5-8-17-15-14(11)18-13(4-7-16)19(15)9-6-12-3-2-10-20-12/h2-3,5,8,10H,4,6-7,9H2,1H3. The Morgan fingerprint density at radius 2 is 2.20 bits per heavy atom. The summed E-state index contributed by atoms with van der Waals surface area (Å²) < 4.78 is 2.21. The van der Waals surface area contributed by atoms with Crippen LogP contribution in [0.1, 0.15) is 16.3 Å². The van der Waals surface area contributed by atoms with Crippen LogP contribution in [0.2, 0.25) is 0 Å². The van der Waals surface area contributed by atoms with Crippen molar-refractivity contribution in [2.24, 2.45) is 0 Å². The number of aromatic nitrogens is 3. The highest BCUT2D eigenvalue weighted by molar-refractivity contribution is 7.09. The van der Waals surface area contributed by atoms with Crippen molar-refractivity contribution >= 4 is 34.1 Å². The average Bonchev–Trinajstić information content (AvgIpc) is 3.05. The number of hydrogen-bond acceptors (Lipinski definition) is 3. The van der Waals surface area contributed by atoms with Gasteiger partial charge in [0.15, 0.2) is 5.65 Å². The molecular weight excluding hydrogens is 290 g/mol. The Balaban J connectivity index is 1.98. The van der Waals surface area contributed by atoms with Gasteiger partial charge in [-0.3, -0.25) is 0 Å². The minimum Gasteiger partial charge on any atom is -0.312 e. The summed E-state index contributed by atoms with van der Waals surface area (Å²) in [6.45, 7) is 2.98. The first kappa shape index (κ1) is 13.6. The molecule has 0 N–H and O–H groups in total. The van der Waals surface area contributed by atoms with Crippen molar-refractivity contribution in [1.82, 2.24) is 14.5 Å². The van der Waals surface area contributed by atoms with Gasteiger partial charge < -0.3 is 4.57 Å². The van der Waals surface area contributed by atoms with Crippen molar-refractivity contribution < 1.29 is 0 Å². The Bertz CT molecular complexity index is 703. The molecule has 0 saturated heterocycles. The van der Waals surface area contributed by atoms with E-state index in [-0.39, 0.29) is 0 Å². The lowest BCUT2D eigenvalue weighted by atomic mass is 10.3. The Hall–Kier alpha value is -1.39. The molecule has 0 aliphatic heterocycles. The quantitative estimate of drug-likeness (QED) is 0.671. The van der Waals surface area contributed by atoms with Crippen molar-refractivity contribution in [3.8, 4) is 0 Å². The maximum absolute atomic E-state index is 5.90. The number of aryl methyl sites for hydroxylation is 4. The monoisotopic (exact) mass is 305 g/mol. The zero-order chi connectivity index (χ0) is 13.9. The van der Waals surface area contributed by atoms with E-state index in [1.165, 1.54) is 10.4 Å². The number of halogens is 1. The van der Waals surface area contributed by atoms with Gasteiger partial charge in [0.2, 0.25) is 0 Å². The molecule has 3 heterocycles. The van der Waals surface area contributed by atoms with E-state index in [0.717, 1.165) is 36.4 Å². The molecule has 104 valence electrons. The predicted molar refractivity (Wildman–Crippen MR) is 84.7 cm³/mol. The van der Waals surface area contributed by atoms with Gasteiger partial charge in [-0.1, -0.05) is 6.07 Å². The summed E-state index contributed by atoms with van der Waals surface area (Å²) >= 11 is 7.70. The first-order valence-corrected chi connectivity index (χ1v) is 8.10. The smallest absolute Gasteiger partial charge is 0.160 e. The lowest BCUT2D eigenvalue weighted by Crippen LogP contribution is -2.07. The third kappa shape index (κ3) is 2.58. The van der Waals surface area contributed by atoms with E-state index in [2.05, 4.69) is 34.0 Å². The molecule has 0 saturated carbocycles. The third-order valence-corrected chi connectivity index (χ3v) is 4.52. The first-order valence-electron chi connectivity index (χ1n) is 6.68. The molecule has 5 heteroatoms. The molecule has 0 aromatic carbocycles. The minimum absolute atomic E-state index is 0.585. The molecule has 0 unspecified atom stereocenters. The summed E-state index contributed by atoms with van der Waals surface area (Å²) in [5.41, 5.74) is 3.14. The lowest BCUT2D eigenvalue weighted by molar-refractivity contribution is 0.674. The molecule has 0 aliphatic carbocycles. The predicted octanol–water partition coefficient (Wildman–Crippen LogP) is 3.83. The number of nitrogens with zero attached hydrogens (tertiary/aromatic N) is 3. The highest BCUT2D eigenvalue weighted by Crippen LogP contribution is 2.19. The molecule has 0 radical (unpaired) electrons. The Kier molecular flexibility index (Phi) is 4.03. The maximum atomic E-state index is 5.90. The number of pyridine rings is 1. The van der Waals surface area contributed by atoms with E-state index in [1.54, 1.807) is 11.3 Å². The fourth-order valence-electron chi connectivity index (χ4n) is 2.37. The molecular formula is C15H16ClN3S. The van der Waals surface area contributed by atoms with Crippen LogP contribution in [0.5, 0.6) is 0 Å². The van der Waals surface area contributed by atoms with Gasteiger partial charge in [-0.15, -0.1) is 22.9 Å². The van der Waals surface area contributed by atoms with Crippen LogP contribution in [0.3, 0.4) is 0 Å². The van der Waals surface area contributed by atoms with Gasteiger partial charge in [-0.2, -0.15) is 0 Å². The van der Waals surface area contributed by atoms with Crippen molar-refractivity contribution in [3.05, 3.63) is 46.0 Å². The van der Waals surface area contributed by atoms with Crippen molar-refractivity contribution in [2.75, 3.05) is 5.88 Å². The number of imidazole rings is 1. The SMILES string of the molecule is Cc1ccnc2c1nc(CCCl)n2CCc1cccs1. The van der Waals surface area contributed by atoms with Gasteiger partial charge in [-0.05, 0) is 36.4 Å². The Morgan fingerprint density at radius 3 is 2.95 bits per heavy atom. The van der Waals surface area contributed by atoms with E-state index < -0.39 is 0 Å². The highest BCUT2D eigenvalue weighted by atomic mass is 35.5. The van der Waals surface area contributed by atoms with Crippen molar-refractivity contribution in [3.63, 3.8) is 0 Å². The van der Waals surface area contributed by atoms with Gasteiger partial charge in [0, 0.05) is 29.9 Å². The second-order valence-electron chi connectivity index (χ2n) is 4.75. The van der Waals surface area contributed by atoms with Gasteiger partial charge in [0.1, 0.15) is 11.3 Å². The molecule has 3 rings (SSSR count). The molecule has 20 heavy (non-hydrogen) atoms. The van der Waals surface area contributed by atoms with Gasteiger partial charge >= 0.3 is 0 Å². The zero-order valence-corrected chi connectivity index (χ0v) is 12.9. The Morgan fingerprint density at radius 1 is 1.30 bits per heavy atom. The average molecular weight is 306 g/mol. The van der Waals surface area contributed by atoms with Crippen molar-refractivity contribution in [2.45, 2.75) is 26.3 Å². The summed E-state index contributed by atoms with van der Waals surface area (Å²) in [5, 5.41) is 2.11. The summed E-state index contributed by atoms with van der Waals surface area (Å²) in [6, 6.07) is 6.27. The number of thiophene rings is 1. The van der Waals surface area contributed by atoms with Gasteiger partial charge in [0.25, 0.3) is 0 Å². The normalized spacial score (nSPS) is 11.3. The molecule has 0 aliphatic rings. The molecule has 3 nitrogen and oxygen atoms in total. The fourth-order valence-corrected chi connectivity index (χ4v) is 3.24. The molecule has 0 atom stereocenters. The summed E-state index contributed by atoms with van der Waals surface area (Å²) in [7, 11) is 0. The lowest BCUT2D eigenvalue weighted by Gasteiger charge is -2.07. The van der Waals surface area contributed by atoms with E-state index in [9.17, 15) is 0 Å². The molecule has 0 fully saturated rings. The van der Waals surface area contributed by atoms with Crippen LogP contribution < -0.4 is 0 Å². The van der Waals surface area contributed by atoms with Crippen LogP contribution in [0.4, 0.5) is 0 Å². The number of hydrogen-bond donors (Lipinski definition) is 0. The van der Waals surface area contributed by atoms with Crippen LogP contribution in [-0.2, 0) is 19.4 Å². The first-order chi connectivity index (χ1) is 9.79. The molecule has 0 bridgehead atoms. The molecule has 0 amide bonds. The topological polar surface area (TPSA) is 30.7 Å². The van der Waals surface area contributed by atoms with E-state index in [4.69, 9.17) is 16.6 Å². The molecule has 3 aromatic rings. The van der Waals surface area contributed by atoms with Crippen LogP contribution in [0.25, 0.3) is 11.2 Å². The fraction of sp³-hybridized carbons (Fsp3) is 0.333. The number of rotatable bonds is 5. The van der Waals surface area contributed by atoms with Crippen LogP contribution >= 0.6 is 22.9 Å². The molecule has 3 aromatic heterocycles. The van der Waals surface area contributed by atoms with Gasteiger partial charge in [-0.25, -0.2) is 9.97 Å². The third-order valence-electron chi connectivity index (χ3n) is 3.39. The van der Waals surface area contributed by atoms with Crippen LogP contribution in [0, 0.1) is 6.92 Å². The number of alkyl halides is 1. The zero-order valence-electron chi connectivity index (χ0n) is 11.3. The Labute approximate surface area is 127 Å².